The van der Waals surface area contributed by atoms with Crippen molar-refractivity contribution in [3.05, 3.63) is 53.3 Å². The van der Waals surface area contributed by atoms with Crippen molar-refractivity contribution < 1.29 is 9.53 Å². The number of nitrogens with one attached hydrogen (secondary N) is 1. The molecule has 1 aromatic carbocycles. The number of amides is 1. The van der Waals surface area contributed by atoms with Crippen molar-refractivity contribution in [2.45, 2.75) is 20.3 Å². The number of methoxy groups -OCH3 is 1. The Morgan fingerprint density at radius 2 is 2.05 bits per heavy atom. The minimum Gasteiger partial charge on any atom is -0.496 e. The van der Waals surface area contributed by atoms with Gasteiger partial charge in [0.25, 0.3) is 0 Å². The molecule has 0 aliphatic carbocycles. The average Bonchev–Trinajstić information content (AvgIpc) is 2.38. The Morgan fingerprint density at radius 3 is 2.75 bits per heavy atom. The van der Waals surface area contributed by atoms with Crippen molar-refractivity contribution in [3.63, 3.8) is 0 Å². The second-order valence-corrected chi connectivity index (χ2v) is 4.73. The first-order valence-corrected chi connectivity index (χ1v) is 6.44. The molecule has 0 saturated heterocycles. The smallest absolute Gasteiger partial charge is 0.228 e. The summed E-state index contributed by atoms with van der Waals surface area (Å²) >= 11 is 0. The molecule has 2 aromatic rings. The zero-order valence-corrected chi connectivity index (χ0v) is 11.9. The highest BCUT2D eigenvalue weighted by molar-refractivity contribution is 5.92. The quantitative estimate of drug-likeness (QED) is 0.929. The topological polar surface area (TPSA) is 51.2 Å². The Kier molecular flexibility index (Phi) is 4.35. The van der Waals surface area contributed by atoms with Crippen LogP contribution in [0.15, 0.2) is 36.5 Å². The van der Waals surface area contributed by atoms with Crippen molar-refractivity contribution in [2.24, 2.45) is 0 Å². The molecular weight excluding hydrogens is 252 g/mol. The maximum atomic E-state index is 12.1. The maximum Gasteiger partial charge on any atom is 0.228 e. The molecule has 1 heterocycles. The van der Waals surface area contributed by atoms with Gasteiger partial charge >= 0.3 is 0 Å². The highest BCUT2D eigenvalue weighted by Gasteiger charge is 2.09. The molecule has 0 radical (unpaired) electrons. The highest BCUT2D eigenvalue weighted by Crippen LogP contribution is 2.20. The molecule has 1 amide bonds. The summed E-state index contributed by atoms with van der Waals surface area (Å²) in [6, 6.07) is 9.43. The zero-order chi connectivity index (χ0) is 14.5. The van der Waals surface area contributed by atoms with Crippen LogP contribution in [0, 0.1) is 13.8 Å². The fourth-order valence-electron chi connectivity index (χ4n) is 2.05. The predicted octanol–water partition coefficient (Wildman–Crippen LogP) is 2.89. The molecule has 0 saturated carbocycles. The van der Waals surface area contributed by atoms with Gasteiger partial charge in [0.05, 0.1) is 13.5 Å². The number of aromatic nitrogens is 1. The molecule has 4 heteroatoms. The van der Waals surface area contributed by atoms with Gasteiger partial charge in [-0.05, 0) is 32.0 Å². The lowest BCUT2D eigenvalue weighted by molar-refractivity contribution is -0.115. The minimum absolute atomic E-state index is 0.0699. The van der Waals surface area contributed by atoms with E-state index in [1.807, 2.05) is 38.1 Å². The number of nitrogens with zero attached hydrogens (tertiary/aromatic N) is 1. The molecule has 0 unspecified atom stereocenters. The summed E-state index contributed by atoms with van der Waals surface area (Å²) in [5.41, 5.74) is 3.62. The summed E-state index contributed by atoms with van der Waals surface area (Å²) < 4.78 is 5.28. The van der Waals surface area contributed by atoms with Crippen LogP contribution in [-0.4, -0.2) is 18.0 Å². The monoisotopic (exact) mass is 270 g/mol. The minimum atomic E-state index is -0.0699. The molecule has 0 aliphatic heterocycles. The lowest BCUT2D eigenvalue weighted by Crippen LogP contribution is -2.15. The van der Waals surface area contributed by atoms with Crippen LogP contribution in [0.25, 0.3) is 0 Å². The van der Waals surface area contributed by atoms with E-state index in [2.05, 4.69) is 10.3 Å². The van der Waals surface area contributed by atoms with E-state index in [4.69, 9.17) is 4.74 Å². The van der Waals surface area contributed by atoms with Crippen molar-refractivity contribution >= 4 is 11.6 Å². The summed E-state index contributed by atoms with van der Waals surface area (Å²) in [4.78, 5) is 16.2. The van der Waals surface area contributed by atoms with Crippen LogP contribution in [0.1, 0.15) is 16.8 Å². The summed E-state index contributed by atoms with van der Waals surface area (Å²) in [6.07, 6.45) is 1.96. The molecule has 1 N–H and O–H groups in total. The van der Waals surface area contributed by atoms with Crippen molar-refractivity contribution in [1.29, 1.82) is 0 Å². The number of rotatable bonds is 4. The standard InChI is InChI=1S/C16H18N2O2/c1-11-4-5-15(20-3)13(8-11)10-16(19)18-14-6-7-17-12(2)9-14/h4-9H,10H2,1-3H3,(H,17,18,19). The first kappa shape index (κ1) is 14.1. The number of carbonyl (C=O) groups is 1. The predicted molar refractivity (Wildman–Crippen MR) is 79.0 cm³/mol. The number of hydrogen-bond donors (Lipinski definition) is 1. The van der Waals surface area contributed by atoms with E-state index in [0.717, 1.165) is 28.3 Å². The third kappa shape index (κ3) is 3.57. The SMILES string of the molecule is COc1ccc(C)cc1CC(=O)Nc1ccnc(C)c1. The Bertz CT molecular complexity index is 624. The number of anilines is 1. The Morgan fingerprint density at radius 1 is 1.25 bits per heavy atom. The summed E-state index contributed by atoms with van der Waals surface area (Å²) in [5.74, 6) is 0.663. The average molecular weight is 270 g/mol. The zero-order valence-electron chi connectivity index (χ0n) is 11.9. The number of pyridine rings is 1. The van der Waals surface area contributed by atoms with E-state index in [9.17, 15) is 4.79 Å². The highest BCUT2D eigenvalue weighted by atomic mass is 16.5. The van der Waals surface area contributed by atoms with Gasteiger partial charge in [0.15, 0.2) is 0 Å². The molecule has 1 aromatic heterocycles. The molecular formula is C16H18N2O2. The molecule has 2 rings (SSSR count). The van der Waals surface area contributed by atoms with E-state index < -0.39 is 0 Å². The summed E-state index contributed by atoms with van der Waals surface area (Å²) in [7, 11) is 1.61. The van der Waals surface area contributed by atoms with Crippen LogP contribution in [0.4, 0.5) is 5.69 Å². The largest absolute Gasteiger partial charge is 0.496 e. The van der Waals surface area contributed by atoms with Crippen LogP contribution >= 0.6 is 0 Å². The van der Waals surface area contributed by atoms with Gasteiger partial charge in [0, 0.05) is 23.1 Å². The Balaban J connectivity index is 2.10. The molecule has 0 aliphatic rings. The van der Waals surface area contributed by atoms with E-state index in [1.165, 1.54) is 0 Å². The fraction of sp³-hybridized carbons (Fsp3) is 0.250. The van der Waals surface area contributed by atoms with E-state index >= 15 is 0 Å². The van der Waals surface area contributed by atoms with Crippen LogP contribution in [0.5, 0.6) is 5.75 Å². The van der Waals surface area contributed by atoms with Gasteiger partial charge in [-0.15, -0.1) is 0 Å². The van der Waals surface area contributed by atoms with Crippen LogP contribution in [0.3, 0.4) is 0 Å². The number of ether oxygens (including phenoxy) is 1. The second-order valence-electron chi connectivity index (χ2n) is 4.73. The van der Waals surface area contributed by atoms with Crippen molar-refractivity contribution in [3.8, 4) is 5.75 Å². The van der Waals surface area contributed by atoms with Crippen LogP contribution < -0.4 is 10.1 Å². The fourth-order valence-corrected chi connectivity index (χ4v) is 2.05. The van der Waals surface area contributed by atoms with Gasteiger partial charge in [-0.2, -0.15) is 0 Å². The molecule has 0 atom stereocenters. The third-order valence-electron chi connectivity index (χ3n) is 2.97. The van der Waals surface area contributed by atoms with Crippen LogP contribution in [0.2, 0.25) is 0 Å². The maximum absolute atomic E-state index is 12.1. The normalized spacial score (nSPS) is 10.2. The van der Waals surface area contributed by atoms with Gasteiger partial charge in [0.2, 0.25) is 5.91 Å². The molecule has 104 valence electrons. The number of aryl methyl sites for hydroxylation is 2. The van der Waals surface area contributed by atoms with Crippen molar-refractivity contribution in [2.75, 3.05) is 12.4 Å². The van der Waals surface area contributed by atoms with E-state index in [0.29, 0.717) is 0 Å². The lowest BCUT2D eigenvalue weighted by Gasteiger charge is -2.10. The first-order valence-electron chi connectivity index (χ1n) is 6.44. The number of carbonyl (C=O) groups excluding carboxylic acids is 1. The summed E-state index contributed by atoms with van der Waals surface area (Å²) in [5, 5.41) is 2.87. The van der Waals surface area contributed by atoms with E-state index in [-0.39, 0.29) is 12.3 Å². The molecule has 0 spiro atoms. The third-order valence-corrected chi connectivity index (χ3v) is 2.97. The number of hydrogen-bond acceptors (Lipinski definition) is 3. The summed E-state index contributed by atoms with van der Waals surface area (Å²) in [6.45, 7) is 3.88. The molecule has 0 fully saturated rings. The van der Waals surface area contributed by atoms with Gasteiger partial charge in [-0.25, -0.2) is 0 Å². The van der Waals surface area contributed by atoms with Gasteiger partial charge in [-0.1, -0.05) is 17.7 Å². The Hall–Kier alpha value is -2.36. The molecule has 0 bridgehead atoms. The lowest BCUT2D eigenvalue weighted by atomic mass is 10.1. The first-order chi connectivity index (χ1) is 9.58. The van der Waals surface area contributed by atoms with Gasteiger partial charge < -0.3 is 10.1 Å². The van der Waals surface area contributed by atoms with Gasteiger partial charge in [-0.3, -0.25) is 9.78 Å². The number of benzene rings is 1. The molecule has 4 nitrogen and oxygen atoms in total. The van der Waals surface area contributed by atoms with Gasteiger partial charge in [0.1, 0.15) is 5.75 Å². The van der Waals surface area contributed by atoms with E-state index in [1.54, 1.807) is 19.4 Å². The van der Waals surface area contributed by atoms with Crippen LogP contribution in [-0.2, 0) is 11.2 Å². The Labute approximate surface area is 118 Å². The second kappa shape index (κ2) is 6.19. The molecule has 20 heavy (non-hydrogen) atoms. The van der Waals surface area contributed by atoms with Crippen molar-refractivity contribution in [1.82, 2.24) is 4.98 Å².